The number of nitrogens with one attached hydrogen (secondary N) is 1. The summed E-state index contributed by atoms with van der Waals surface area (Å²) in [7, 11) is 0. The highest BCUT2D eigenvalue weighted by Crippen LogP contribution is 2.04. The van der Waals surface area contributed by atoms with Crippen molar-refractivity contribution in [3.05, 3.63) is 29.6 Å². The quantitative estimate of drug-likeness (QED) is 0.797. The minimum Gasteiger partial charge on any atom is -0.395 e. The van der Waals surface area contributed by atoms with Crippen molar-refractivity contribution in [1.82, 2.24) is 10.3 Å². The Bertz CT molecular complexity index is 463. The topological polar surface area (TPSA) is 62.2 Å². The lowest BCUT2D eigenvalue weighted by atomic mass is 10.2. The molecule has 5 heteroatoms. The number of rotatable bonds is 5. The fraction of sp³-hybridized carbons (Fsp3) is 0.429. The Kier molecular flexibility index (Phi) is 7.01. The average molecular weight is 278 g/mol. The first-order valence-corrected chi connectivity index (χ1v) is 7.33. The Balaban J connectivity index is 2.56. The molecule has 0 saturated heterocycles. The lowest BCUT2D eigenvalue weighted by Crippen LogP contribution is -2.29. The minimum atomic E-state index is -0.171. The molecule has 1 rings (SSSR count). The maximum Gasteiger partial charge on any atom is 0.269 e. The zero-order valence-electron chi connectivity index (χ0n) is 11.1. The lowest BCUT2D eigenvalue weighted by Gasteiger charge is -2.09. The summed E-state index contributed by atoms with van der Waals surface area (Å²) in [5.41, 5.74) is 1.13. The molecule has 1 aromatic rings. The van der Waals surface area contributed by atoms with Crippen LogP contribution < -0.4 is 5.32 Å². The molecule has 0 radical (unpaired) electrons. The zero-order chi connectivity index (χ0) is 14.1. The molecule has 19 heavy (non-hydrogen) atoms. The maximum atomic E-state index is 11.8. The highest BCUT2D eigenvalue weighted by atomic mass is 32.2. The Labute approximate surface area is 118 Å². The molecule has 1 unspecified atom stereocenters. The molecule has 1 atom stereocenters. The molecule has 1 amide bonds. The number of thioether (sulfide) groups is 1. The van der Waals surface area contributed by atoms with Crippen LogP contribution in [0.3, 0.4) is 0 Å². The SMILES string of the molecule is CSC(C)CNC(=O)c1ccc(C#CCCO)cn1. The van der Waals surface area contributed by atoms with E-state index in [1.165, 1.54) is 0 Å². The van der Waals surface area contributed by atoms with Crippen LogP contribution in [0.1, 0.15) is 29.4 Å². The summed E-state index contributed by atoms with van der Waals surface area (Å²) in [5.74, 6) is 5.50. The Morgan fingerprint density at radius 1 is 1.58 bits per heavy atom. The number of hydrogen-bond donors (Lipinski definition) is 2. The molecule has 0 bridgehead atoms. The molecule has 4 nitrogen and oxygen atoms in total. The third kappa shape index (κ3) is 5.77. The number of aromatic nitrogens is 1. The number of hydrogen-bond acceptors (Lipinski definition) is 4. The molecule has 0 aliphatic heterocycles. The number of pyridine rings is 1. The van der Waals surface area contributed by atoms with Crippen LogP contribution in [-0.4, -0.2) is 40.7 Å². The minimum absolute atomic E-state index is 0.0501. The van der Waals surface area contributed by atoms with E-state index in [4.69, 9.17) is 5.11 Å². The van der Waals surface area contributed by atoms with Gasteiger partial charge in [-0.3, -0.25) is 4.79 Å². The number of aliphatic hydroxyl groups excluding tert-OH is 1. The van der Waals surface area contributed by atoms with Gasteiger partial charge in [0.05, 0.1) is 6.61 Å². The van der Waals surface area contributed by atoms with Crippen molar-refractivity contribution in [3.63, 3.8) is 0 Å². The van der Waals surface area contributed by atoms with Gasteiger partial charge in [-0.15, -0.1) is 0 Å². The van der Waals surface area contributed by atoms with Gasteiger partial charge >= 0.3 is 0 Å². The van der Waals surface area contributed by atoms with Crippen LogP contribution in [0, 0.1) is 11.8 Å². The molecule has 2 N–H and O–H groups in total. The highest BCUT2D eigenvalue weighted by Gasteiger charge is 2.07. The molecule has 0 aromatic carbocycles. The number of carbonyl (C=O) groups excluding carboxylic acids is 1. The van der Waals surface area contributed by atoms with Gasteiger partial charge in [0.25, 0.3) is 5.91 Å². The van der Waals surface area contributed by atoms with Gasteiger partial charge in [0, 0.05) is 30.0 Å². The van der Waals surface area contributed by atoms with Crippen molar-refractivity contribution in [2.45, 2.75) is 18.6 Å². The van der Waals surface area contributed by atoms with E-state index >= 15 is 0 Å². The summed E-state index contributed by atoms with van der Waals surface area (Å²) in [5, 5.41) is 11.8. The largest absolute Gasteiger partial charge is 0.395 e. The summed E-state index contributed by atoms with van der Waals surface area (Å²) in [4.78, 5) is 15.9. The van der Waals surface area contributed by atoms with Crippen LogP contribution in [0.2, 0.25) is 0 Å². The van der Waals surface area contributed by atoms with Crippen LogP contribution in [-0.2, 0) is 0 Å². The van der Waals surface area contributed by atoms with Gasteiger partial charge in [-0.2, -0.15) is 11.8 Å². The molecule has 0 aliphatic carbocycles. The molecule has 0 fully saturated rings. The predicted octanol–water partition coefficient (Wildman–Crippen LogP) is 1.30. The van der Waals surface area contributed by atoms with E-state index < -0.39 is 0 Å². The first kappa shape index (κ1) is 15.5. The molecule has 0 saturated carbocycles. The van der Waals surface area contributed by atoms with E-state index in [9.17, 15) is 4.79 Å². The van der Waals surface area contributed by atoms with Gasteiger partial charge in [-0.1, -0.05) is 18.8 Å². The predicted molar refractivity (Wildman–Crippen MR) is 78.1 cm³/mol. The molecule has 0 spiro atoms. The first-order chi connectivity index (χ1) is 9.17. The monoisotopic (exact) mass is 278 g/mol. The van der Waals surface area contributed by atoms with E-state index in [1.54, 1.807) is 30.1 Å². The van der Waals surface area contributed by atoms with E-state index in [0.717, 1.165) is 5.56 Å². The molecule has 102 valence electrons. The van der Waals surface area contributed by atoms with Crippen LogP contribution in [0.15, 0.2) is 18.3 Å². The maximum absolute atomic E-state index is 11.8. The van der Waals surface area contributed by atoms with E-state index in [2.05, 4.69) is 29.1 Å². The Hall–Kier alpha value is -1.51. The normalized spacial score (nSPS) is 11.3. The third-order valence-corrected chi connectivity index (χ3v) is 3.39. The first-order valence-electron chi connectivity index (χ1n) is 6.04. The van der Waals surface area contributed by atoms with E-state index in [-0.39, 0.29) is 12.5 Å². The van der Waals surface area contributed by atoms with Crippen LogP contribution in [0.25, 0.3) is 0 Å². The summed E-state index contributed by atoms with van der Waals surface area (Å²) < 4.78 is 0. The number of amides is 1. The second kappa shape index (κ2) is 8.57. The fourth-order valence-electron chi connectivity index (χ4n) is 1.23. The fourth-order valence-corrected chi connectivity index (χ4v) is 1.48. The van der Waals surface area contributed by atoms with Crippen LogP contribution >= 0.6 is 11.8 Å². The second-order valence-corrected chi connectivity index (χ2v) is 5.24. The van der Waals surface area contributed by atoms with Crippen molar-refractivity contribution in [1.29, 1.82) is 0 Å². The zero-order valence-corrected chi connectivity index (χ0v) is 12.0. The van der Waals surface area contributed by atoms with Crippen molar-refractivity contribution >= 4 is 17.7 Å². The van der Waals surface area contributed by atoms with Gasteiger partial charge in [0.1, 0.15) is 5.69 Å². The number of carbonyl (C=O) groups is 1. The van der Waals surface area contributed by atoms with E-state index in [1.807, 2.05) is 6.26 Å². The molecule has 0 aliphatic rings. The summed E-state index contributed by atoms with van der Waals surface area (Å²) >= 11 is 1.70. The number of nitrogens with zero attached hydrogens (tertiary/aromatic N) is 1. The van der Waals surface area contributed by atoms with Crippen molar-refractivity contribution in [2.24, 2.45) is 0 Å². The summed E-state index contributed by atoms with van der Waals surface area (Å²) in [6, 6.07) is 3.41. The lowest BCUT2D eigenvalue weighted by molar-refractivity contribution is 0.0949. The van der Waals surface area contributed by atoms with Crippen LogP contribution in [0.4, 0.5) is 0 Å². The highest BCUT2D eigenvalue weighted by molar-refractivity contribution is 7.99. The van der Waals surface area contributed by atoms with Crippen molar-refractivity contribution in [2.75, 3.05) is 19.4 Å². The molecular formula is C14H18N2O2S. The van der Waals surface area contributed by atoms with Crippen molar-refractivity contribution in [3.8, 4) is 11.8 Å². The van der Waals surface area contributed by atoms with Gasteiger partial charge in [-0.05, 0) is 18.4 Å². The number of aliphatic hydroxyl groups is 1. The summed E-state index contributed by atoms with van der Waals surface area (Å²) in [6.45, 7) is 2.73. The second-order valence-electron chi connectivity index (χ2n) is 3.96. The molecule has 1 aromatic heterocycles. The summed E-state index contributed by atoms with van der Waals surface area (Å²) in [6.07, 6.45) is 4.01. The van der Waals surface area contributed by atoms with Crippen molar-refractivity contribution < 1.29 is 9.90 Å². The van der Waals surface area contributed by atoms with Gasteiger partial charge in [0.15, 0.2) is 0 Å². The molecular weight excluding hydrogens is 260 g/mol. The smallest absolute Gasteiger partial charge is 0.269 e. The standard InChI is InChI=1S/C14H18N2O2S/c1-11(19-2)9-16-14(18)13-7-6-12(10-15-13)5-3-4-8-17/h6-7,10-11,17H,4,8-9H2,1-2H3,(H,16,18). The van der Waals surface area contributed by atoms with E-state index in [0.29, 0.717) is 23.9 Å². The Morgan fingerprint density at radius 2 is 2.37 bits per heavy atom. The Morgan fingerprint density at radius 3 is 2.95 bits per heavy atom. The van der Waals surface area contributed by atoms with Gasteiger partial charge in [0.2, 0.25) is 0 Å². The third-order valence-electron chi connectivity index (χ3n) is 2.42. The van der Waals surface area contributed by atoms with Gasteiger partial charge in [-0.25, -0.2) is 4.98 Å². The van der Waals surface area contributed by atoms with Crippen LogP contribution in [0.5, 0.6) is 0 Å². The average Bonchev–Trinajstić information content (AvgIpc) is 2.45. The molecule has 1 heterocycles. The van der Waals surface area contributed by atoms with Gasteiger partial charge < -0.3 is 10.4 Å².